The molecule has 1 unspecified atom stereocenters. The molecule has 7 heavy (non-hydrogen) atoms. The smallest absolute Gasteiger partial charge is 0.0621 e. The lowest BCUT2D eigenvalue weighted by atomic mass is 10.3. The molecule has 0 rings (SSSR count). The molecule has 0 heterocycles. The van der Waals surface area contributed by atoms with E-state index >= 15 is 0 Å². The number of terminal acetylenes is 1. The van der Waals surface area contributed by atoms with Gasteiger partial charge >= 0.3 is 0 Å². The Morgan fingerprint density at radius 3 is 2.29 bits per heavy atom. The van der Waals surface area contributed by atoms with Crippen LogP contribution >= 0.6 is 24.0 Å². The minimum atomic E-state index is -0.338. The van der Waals surface area contributed by atoms with Crippen LogP contribution in [0.2, 0.25) is 0 Å². The van der Waals surface area contributed by atoms with Crippen molar-refractivity contribution in [3.63, 3.8) is 0 Å². The summed E-state index contributed by atoms with van der Waals surface area (Å²) in [6, 6.07) is 0. The third kappa shape index (κ3) is 10.7. The summed E-state index contributed by atoms with van der Waals surface area (Å²) in [5, 5.41) is 8.41. The zero-order chi connectivity index (χ0) is 4.99. The molecule has 0 spiro atoms. The zero-order valence-corrected chi connectivity index (χ0v) is 6.55. The molecule has 2 heteroatoms. The average molecular weight is 212 g/mol. The second-order valence-corrected chi connectivity index (χ2v) is 1.26. The molecule has 0 aliphatic rings. The summed E-state index contributed by atoms with van der Waals surface area (Å²) in [6.07, 6.45) is 4.94. The van der Waals surface area contributed by atoms with Gasteiger partial charge in [0.2, 0.25) is 0 Å². The fourth-order valence-corrected chi connectivity index (χ4v) is 0.171. The van der Waals surface area contributed by atoms with Gasteiger partial charge in [0.1, 0.15) is 0 Å². The fourth-order valence-electron chi connectivity index (χ4n) is 0.171. The maximum atomic E-state index is 8.41. The van der Waals surface area contributed by atoms with Crippen molar-refractivity contribution in [2.24, 2.45) is 0 Å². The summed E-state index contributed by atoms with van der Waals surface area (Å²) in [5.74, 6) is 2.32. The van der Waals surface area contributed by atoms with Gasteiger partial charge in [-0.15, -0.1) is 36.3 Å². The van der Waals surface area contributed by atoms with Crippen LogP contribution in [0.4, 0.5) is 0 Å². The van der Waals surface area contributed by atoms with E-state index in [0.29, 0.717) is 6.42 Å². The van der Waals surface area contributed by atoms with Gasteiger partial charge in [-0.2, -0.15) is 0 Å². The summed E-state index contributed by atoms with van der Waals surface area (Å²) in [7, 11) is 0. The SMILES string of the molecule is C#CCC(C)O.I. The van der Waals surface area contributed by atoms with Crippen molar-refractivity contribution in [1.29, 1.82) is 0 Å². The number of aliphatic hydroxyl groups is 1. The van der Waals surface area contributed by atoms with Crippen molar-refractivity contribution in [2.45, 2.75) is 19.4 Å². The van der Waals surface area contributed by atoms with Crippen molar-refractivity contribution in [1.82, 2.24) is 0 Å². The molecule has 0 aromatic rings. The second kappa shape index (κ2) is 6.25. The maximum absolute atomic E-state index is 8.41. The molecular formula is C5H9IO. The van der Waals surface area contributed by atoms with Gasteiger partial charge < -0.3 is 5.11 Å². The summed E-state index contributed by atoms with van der Waals surface area (Å²) in [6.45, 7) is 1.67. The predicted octanol–water partition coefficient (Wildman–Crippen LogP) is 1.01. The first-order valence-electron chi connectivity index (χ1n) is 1.89. The van der Waals surface area contributed by atoms with E-state index < -0.39 is 0 Å². The van der Waals surface area contributed by atoms with Crippen molar-refractivity contribution in [2.75, 3.05) is 0 Å². The molecule has 0 radical (unpaired) electrons. The Morgan fingerprint density at radius 1 is 1.86 bits per heavy atom. The van der Waals surface area contributed by atoms with Crippen LogP contribution < -0.4 is 0 Å². The fraction of sp³-hybridized carbons (Fsp3) is 0.600. The maximum Gasteiger partial charge on any atom is 0.0621 e. The molecule has 0 aromatic heterocycles. The van der Waals surface area contributed by atoms with Crippen molar-refractivity contribution in [3.05, 3.63) is 0 Å². The summed E-state index contributed by atoms with van der Waals surface area (Å²) < 4.78 is 0. The van der Waals surface area contributed by atoms with E-state index in [0.717, 1.165) is 0 Å². The molecule has 0 aromatic carbocycles. The molecule has 42 valence electrons. The largest absolute Gasteiger partial charge is 0.392 e. The predicted molar refractivity (Wildman–Crippen MR) is 40.5 cm³/mol. The highest BCUT2D eigenvalue weighted by Gasteiger charge is 1.85. The lowest BCUT2D eigenvalue weighted by Gasteiger charge is -1.90. The number of halogens is 1. The van der Waals surface area contributed by atoms with Gasteiger partial charge in [-0.1, -0.05) is 0 Å². The minimum Gasteiger partial charge on any atom is -0.392 e. The van der Waals surface area contributed by atoms with Gasteiger partial charge in [-0.05, 0) is 6.92 Å². The first-order valence-corrected chi connectivity index (χ1v) is 1.89. The summed E-state index contributed by atoms with van der Waals surface area (Å²) in [4.78, 5) is 0. The first kappa shape index (κ1) is 10.3. The van der Waals surface area contributed by atoms with E-state index in [4.69, 9.17) is 11.5 Å². The average Bonchev–Trinajstić information content (AvgIpc) is 1.35. The van der Waals surface area contributed by atoms with Crippen LogP contribution in [0, 0.1) is 12.3 Å². The molecule has 0 saturated carbocycles. The summed E-state index contributed by atoms with van der Waals surface area (Å²) in [5.41, 5.74) is 0. The molecule has 0 amide bonds. The number of aliphatic hydroxyl groups excluding tert-OH is 1. The molecule has 0 aliphatic heterocycles. The Hall–Kier alpha value is 0.250. The highest BCUT2D eigenvalue weighted by Crippen LogP contribution is 1.82. The molecule has 0 aliphatic carbocycles. The van der Waals surface area contributed by atoms with E-state index in [1.807, 2.05) is 0 Å². The second-order valence-electron chi connectivity index (χ2n) is 1.26. The monoisotopic (exact) mass is 212 g/mol. The highest BCUT2D eigenvalue weighted by atomic mass is 127. The Morgan fingerprint density at radius 2 is 2.29 bits per heavy atom. The van der Waals surface area contributed by atoms with E-state index in [9.17, 15) is 0 Å². The van der Waals surface area contributed by atoms with Crippen LogP contribution in [-0.4, -0.2) is 11.2 Å². The molecule has 1 N–H and O–H groups in total. The summed E-state index contributed by atoms with van der Waals surface area (Å²) >= 11 is 0. The Kier molecular flexibility index (Phi) is 9.17. The van der Waals surface area contributed by atoms with Crippen molar-refractivity contribution < 1.29 is 5.11 Å². The minimum absolute atomic E-state index is 0. The standard InChI is InChI=1S/C5H8O.HI/c1-3-4-5(2)6;/h1,5-6H,4H2,2H3;1H. The lowest BCUT2D eigenvalue weighted by Crippen LogP contribution is -1.94. The van der Waals surface area contributed by atoms with Crippen LogP contribution in [0.5, 0.6) is 0 Å². The molecule has 0 bridgehead atoms. The van der Waals surface area contributed by atoms with Gasteiger partial charge in [-0.3, -0.25) is 0 Å². The van der Waals surface area contributed by atoms with Crippen LogP contribution in [0.25, 0.3) is 0 Å². The molecule has 1 nitrogen and oxygen atoms in total. The van der Waals surface area contributed by atoms with Crippen molar-refractivity contribution >= 4 is 24.0 Å². The molecular weight excluding hydrogens is 203 g/mol. The highest BCUT2D eigenvalue weighted by molar-refractivity contribution is 14.0. The molecule has 1 atom stereocenters. The van der Waals surface area contributed by atoms with Crippen LogP contribution in [-0.2, 0) is 0 Å². The van der Waals surface area contributed by atoms with Gasteiger partial charge in [0.25, 0.3) is 0 Å². The van der Waals surface area contributed by atoms with Gasteiger partial charge in [-0.25, -0.2) is 0 Å². The molecule has 0 saturated heterocycles. The van der Waals surface area contributed by atoms with E-state index in [1.54, 1.807) is 6.92 Å². The zero-order valence-electron chi connectivity index (χ0n) is 4.22. The van der Waals surface area contributed by atoms with Crippen LogP contribution in [0.15, 0.2) is 0 Å². The van der Waals surface area contributed by atoms with E-state index in [1.165, 1.54) is 0 Å². The van der Waals surface area contributed by atoms with Crippen LogP contribution in [0.1, 0.15) is 13.3 Å². The Labute approximate surface area is 61.1 Å². The third-order valence-corrected chi connectivity index (χ3v) is 0.413. The Bertz CT molecular complexity index is 63.0. The van der Waals surface area contributed by atoms with Crippen LogP contribution in [0.3, 0.4) is 0 Å². The van der Waals surface area contributed by atoms with Gasteiger partial charge in [0.15, 0.2) is 0 Å². The van der Waals surface area contributed by atoms with Gasteiger partial charge in [0.05, 0.1) is 6.10 Å². The van der Waals surface area contributed by atoms with E-state index in [2.05, 4.69) is 5.92 Å². The lowest BCUT2D eigenvalue weighted by molar-refractivity contribution is 0.201. The van der Waals surface area contributed by atoms with Crippen molar-refractivity contribution in [3.8, 4) is 12.3 Å². The Balaban J connectivity index is 0. The number of rotatable bonds is 1. The van der Waals surface area contributed by atoms with Gasteiger partial charge in [0, 0.05) is 6.42 Å². The quantitative estimate of drug-likeness (QED) is 0.508. The molecule has 0 fully saturated rings. The first-order chi connectivity index (χ1) is 2.77. The van der Waals surface area contributed by atoms with E-state index in [-0.39, 0.29) is 30.1 Å². The normalized spacial score (nSPS) is 11.0. The number of hydrogen-bond acceptors (Lipinski definition) is 1. The number of hydrogen-bond donors (Lipinski definition) is 1. The topological polar surface area (TPSA) is 20.2 Å². The third-order valence-electron chi connectivity index (χ3n) is 0.413.